The van der Waals surface area contributed by atoms with Gasteiger partial charge in [-0.05, 0) is 19.8 Å². The fourth-order valence-corrected chi connectivity index (χ4v) is 4.35. The predicted molar refractivity (Wildman–Crippen MR) is 114 cm³/mol. The van der Waals surface area contributed by atoms with Crippen LogP contribution in [0.4, 0.5) is 5.82 Å². The molecule has 0 aromatic carbocycles. The molecule has 28 heavy (non-hydrogen) atoms. The lowest BCUT2D eigenvalue weighted by molar-refractivity contribution is -0.131. The van der Waals surface area contributed by atoms with Gasteiger partial charge in [-0.1, -0.05) is 37.2 Å². The van der Waals surface area contributed by atoms with Crippen LogP contribution in [0.3, 0.4) is 0 Å². The van der Waals surface area contributed by atoms with Crippen LogP contribution < -0.4 is 4.90 Å². The maximum atomic E-state index is 12.5. The molecule has 0 aliphatic carbocycles. The van der Waals surface area contributed by atoms with E-state index >= 15 is 0 Å². The number of nitrogens with zero attached hydrogens (tertiary/aromatic N) is 5. The predicted octanol–water partition coefficient (Wildman–Crippen LogP) is 2.93. The third kappa shape index (κ3) is 6.24. The van der Waals surface area contributed by atoms with E-state index in [1.54, 1.807) is 13.0 Å². The van der Waals surface area contributed by atoms with Gasteiger partial charge in [-0.25, -0.2) is 9.97 Å². The van der Waals surface area contributed by atoms with Crippen molar-refractivity contribution in [1.82, 2.24) is 19.8 Å². The lowest BCUT2D eigenvalue weighted by atomic mass is 10.2. The molecule has 1 unspecified atom stereocenters. The van der Waals surface area contributed by atoms with Crippen molar-refractivity contribution < 1.29 is 9.59 Å². The molecule has 0 bridgehead atoms. The zero-order valence-electron chi connectivity index (χ0n) is 17.2. The van der Waals surface area contributed by atoms with Crippen molar-refractivity contribution in [1.29, 1.82) is 0 Å². The molecule has 1 saturated heterocycles. The summed E-state index contributed by atoms with van der Waals surface area (Å²) in [6.07, 6.45) is 1.89. The summed E-state index contributed by atoms with van der Waals surface area (Å²) < 4.78 is 0. The number of hydrogen-bond donors (Lipinski definition) is 0. The van der Waals surface area contributed by atoms with Gasteiger partial charge in [0.15, 0.2) is 5.16 Å². The summed E-state index contributed by atoms with van der Waals surface area (Å²) in [5.41, 5.74) is 0. The summed E-state index contributed by atoms with van der Waals surface area (Å²) in [6.45, 7) is 11.4. The number of piperazine rings is 1. The maximum Gasteiger partial charge on any atom is 0.233 e. The van der Waals surface area contributed by atoms with Crippen molar-refractivity contribution in [3.8, 4) is 0 Å². The Morgan fingerprint density at radius 3 is 2.50 bits per heavy atom. The van der Waals surface area contributed by atoms with Crippen LogP contribution >= 0.6 is 23.4 Å². The molecule has 1 fully saturated rings. The van der Waals surface area contributed by atoms with Crippen molar-refractivity contribution in [3.05, 3.63) is 11.2 Å². The quantitative estimate of drug-likeness (QED) is 0.361. The molecule has 0 N–H and O–H groups in total. The molecule has 156 valence electrons. The van der Waals surface area contributed by atoms with Crippen LogP contribution in [0.2, 0.25) is 5.15 Å². The number of carbonyl (C=O) groups excluding carboxylic acids is 2. The van der Waals surface area contributed by atoms with Gasteiger partial charge in [0.05, 0.1) is 5.75 Å². The Balaban J connectivity index is 2.03. The topological polar surface area (TPSA) is 69.6 Å². The first-order valence-electron chi connectivity index (χ1n) is 9.83. The molecule has 0 spiro atoms. The number of halogens is 1. The van der Waals surface area contributed by atoms with Gasteiger partial charge >= 0.3 is 0 Å². The number of thioether (sulfide) groups is 1. The van der Waals surface area contributed by atoms with Gasteiger partial charge in [0.25, 0.3) is 0 Å². The molecule has 1 aromatic heterocycles. The van der Waals surface area contributed by atoms with Gasteiger partial charge in [-0.2, -0.15) is 0 Å². The number of anilines is 1. The molecule has 1 aliphatic rings. The summed E-state index contributed by atoms with van der Waals surface area (Å²) >= 11 is 7.53. The molecule has 0 radical (unpaired) electrons. The fraction of sp³-hybridized carbons (Fsp3) is 0.684. The Kier molecular flexibility index (Phi) is 8.82. The molecular weight excluding hydrogens is 398 g/mol. The molecule has 2 amide bonds. The standard InChI is InChI=1S/C19H30ClN5O2S/c1-5-7-23(8-6-2)18(27)13-28-19-21-16(20)11-17(22-19)24-9-10-25(15(4)26)14(3)12-24/h11,14H,5-10,12-13H2,1-4H3. The van der Waals surface area contributed by atoms with Gasteiger partial charge in [-0.3, -0.25) is 9.59 Å². The molecular formula is C19H30ClN5O2S. The first kappa shape index (κ1) is 22.7. The average Bonchev–Trinajstić information content (AvgIpc) is 2.65. The van der Waals surface area contributed by atoms with Crippen LogP contribution in [-0.2, 0) is 9.59 Å². The smallest absolute Gasteiger partial charge is 0.233 e. The van der Waals surface area contributed by atoms with Crippen LogP contribution in [0.1, 0.15) is 40.5 Å². The third-order valence-electron chi connectivity index (χ3n) is 4.68. The molecule has 1 atom stereocenters. The van der Waals surface area contributed by atoms with Crippen LogP contribution in [0.5, 0.6) is 0 Å². The minimum Gasteiger partial charge on any atom is -0.353 e. The van der Waals surface area contributed by atoms with Gasteiger partial charge in [0.1, 0.15) is 11.0 Å². The van der Waals surface area contributed by atoms with Gasteiger partial charge in [0.2, 0.25) is 11.8 Å². The summed E-state index contributed by atoms with van der Waals surface area (Å²) in [7, 11) is 0. The minimum atomic E-state index is 0.0892. The van der Waals surface area contributed by atoms with E-state index in [0.29, 0.717) is 35.7 Å². The molecule has 2 heterocycles. The Labute approximate surface area is 176 Å². The highest BCUT2D eigenvalue weighted by Crippen LogP contribution is 2.24. The Morgan fingerprint density at radius 1 is 1.25 bits per heavy atom. The minimum absolute atomic E-state index is 0.0892. The lowest BCUT2D eigenvalue weighted by Crippen LogP contribution is -2.53. The monoisotopic (exact) mass is 427 g/mol. The van der Waals surface area contributed by atoms with E-state index in [1.807, 2.05) is 16.7 Å². The van der Waals surface area contributed by atoms with E-state index in [4.69, 9.17) is 11.6 Å². The summed E-state index contributed by atoms with van der Waals surface area (Å²) in [5, 5.41) is 0.867. The molecule has 9 heteroatoms. The van der Waals surface area contributed by atoms with Gasteiger partial charge < -0.3 is 14.7 Å². The first-order chi connectivity index (χ1) is 13.3. The van der Waals surface area contributed by atoms with Gasteiger partial charge in [-0.15, -0.1) is 0 Å². The van der Waals surface area contributed by atoms with E-state index in [1.165, 1.54) is 11.8 Å². The summed E-state index contributed by atoms with van der Waals surface area (Å²) in [5.74, 6) is 1.23. The Hall–Kier alpha value is -1.54. The highest BCUT2D eigenvalue weighted by molar-refractivity contribution is 7.99. The number of aromatic nitrogens is 2. The molecule has 2 rings (SSSR count). The van der Waals surface area contributed by atoms with E-state index < -0.39 is 0 Å². The Bertz CT molecular complexity index is 684. The van der Waals surface area contributed by atoms with Crippen molar-refractivity contribution >= 4 is 41.0 Å². The lowest BCUT2D eigenvalue weighted by Gasteiger charge is -2.40. The largest absolute Gasteiger partial charge is 0.353 e. The van der Waals surface area contributed by atoms with E-state index in [-0.39, 0.29) is 17.9 Å². The van der Waals surface area contributed by atoms with Crippen LogP contribution in [0.25, 0.3) is 0 Å². The SMILES string of the molecule is CCCN(CCC)C(=O)CSc1nc(Cl)cc(N2CCN(C(C)=O)C(C)C2)n1. The number of amides is 2. The van der Waals surface area contributed by atoms with Crippen molar-refractivity contribution in [3.63, 3.8) is 0 Å². The highest BCUT2D eigenvalue weighted by atomic mass is 35.5. The van der Waals surface area contributed by atoms with Crippen LogP contribution in [0.15, 0.2) is 11.2 Å². The van der Waals surface area contributed by atoms with E-state index in [9.17, 15) is 9.59 Å². The summed E-state index contributed by atoms with van der Waals surface area (Å²) in [4.78, 5) is 38.9. The second-order valence-corrected chi connectivity index (χ2v) is 8.34. The number of hydrogen-bond acceptors (Lipinski definition) is 6. The second-order valence-electron chi connectivity index (χ2n) is 7.01. The fourth-order valence-electron chi connectivity index (χ4n) is 3.36. The van der Waals surface area contributed by atoms with Crippen LogP contribution in [-0.4, -0.2) is 76.1 Å². The van der Waals surface area contributed by atoms with E-state index in [0.717, 1.165) is 31.7 Å². The second kappa shape index (κ2) is 10.9. The molecule has 1 aliphatic heterocycles. The first-order valence-corrected chi connectivity index (χ1v) is 11.2. The normalized spacial score (nSPS) is 17.0. The van der Waals surface area contributed by atoms with Gasteiger partial charge in [0, 0.05) is 51.8 Å². The summed E-state index contributed by atoms with van der Waals surface area (Å²) in [6, 6.07) is 1.85. The van der Waals surface area contributed by atoms with Crippen molar-refractivity contribution in [2.45, 2.75) is 51.7 Å². The number of carbonyl (C=O) groups is 2. The zero-order valence-corrected chi connectivity index (χ0v) is 18.7. The van der Waals surface area contributed by atoms with E-state index in [2.05, 4.69) is 28.7 Å². The molecule has 0 saturated carbocycles. The third-order valence-corrected chi connectivity index (χ3v) is 5.71. The Morgan fingerprint density at radius 2 is 1.93 bits per heavy atom. The molecule has 1 aromatic rings. The van der Waals surface area contributed by atoms with Crippen molar-refractivity contribution in [2.24, 2.45) is 0 Å². The zero-order chi connectivity index (χ0) is 20.7. The van der Waals surface area contributed by atoms with Crippen molar-refractivity contribution in [2.75, 3.05) is 43.4 Å². The number of rotatable bonds is 8. The highest BCUT2D eigenvalue weighted by Gasteiger charge is 2.26. The maximum absolute atomic E-state index is 12.5. The molecule has 7 nitrogen and oxygen atoms in total. The average molecular weight is 428 g/mol. The van der Waals surface area contributed by atoms with Crippen LogP contribution in [0, 0.1) is 0 Å².